The molecule has 39 heavy (non-hydrogen) atoms. The topological polar surface area (TPSA) is 78.3 Å². The molecule has 2 N–H and O–H groups in total. The monoisotopic (exact) mass is 567 g/mol. The van der Waals surface area contributed by atoms with Crippen LogP contribution in [0.3, 0.4) is 0 Å². The SMILES string of the molecule is CN1CCC(C(=O)NCc2nnc(-c3cc4c(N[C@H]5CCN(C)C[C@H]5F)cccc4n3CC(F)(F)F)s2)CC1. The molecule has 2 aliphatic heterocycles. The van der Waals surface area contributed by atoms with Crippen LogP contribution in [0, 0.1) is 5.92 Å². The second kappa shape index (κ2) is 11.4. The van der Waals surface area contributed by atoms with Crippen LogP contribution in [-0.4, -0.2) is 89.1 Å². The van der Waals surface area contributed by atoms with Crippen molar-refractivity contribution in [1.82, 2.24) is 29.9 Å². The molecule has 1 aromatic carbocycles. The Hall–Kier alpha value is -2.77. The molecule has 2 fully saturated rings. The average molecular weight is 568 g/mol. The van der Waals surface area contributed by atoms with Crippen molar-refractivity contribution in [1.29, 1.82) is 0 Å². The first-order valence-corrected chi connectivity index (χ1v) is 14.0. The zero-order valence-corrected chi connectivity index (χ0v) is 22.8. The van der Waals surface area contributed by atoms with Gasteiger partial charge in [0.05, 0.1) is 23.8 Å². The lowest BCUT2D eigenvalue weighted by Crippen LogP contribution is -2.46. The van der Waals surface area contributed by atoms with Crippen molar-refractivity contribution in [2.75, 3.05) is 45.6 Å². The number of fused-ring (bicyclic) bond motifs is 1. The lowest BCUT2D eigenvalue weighted by Gasteiger charge is -2.33. The summed E-state index contributed by atoms with van der Waals surface area (Å²) in [6, 6.07) is 6.29. The van der Waals surface area contributed by atoms with Crippen molar-refractivity contribution in [3.8, 4) is 10.7 Å². The largest absolute Gasteiger partial charge is 0.406 e. The Balaban J connectivity index is 1.39. The third-order valence-corrected chi connectivity index (χ3v) is 8.50. The van der Waals surface area contributed by atoms with E-state index in [-0.39, 0.29) is 24.1 Å². The van der Waals surface area contributed by atoms with E-state index in [4.69, 9.17) is 0 Å². The summed E-state index contributed by atoms with van der Waals surface area (Å²) >= 11 is 1.15. The number of anilines is 1. The van der Waals surface area contributed by atoms with Gasteiger partial charge in [0.2, 0.25) is 5.91 Å². The molecule has 0 spiro atoms. The summed E-state index contributed by atoms with van der Waals surface area (Å²) in [4.78, 5) is 16.7. The Morgan fingerprint density at radius 3 is 2.56 bits per heavy atom. The smallest absolute Gasteiger partial charge is 0.379 e. The van der Waals surface area contributed by atoms with Gasteiger partial charge in [0.1, 0.15) is 17.7 Å². The molecule has 2 aromatic heterocycles. The maximum Gasteiger partial charge on any atom is 0.406 e. The number of nitrogens with one attached hydrogen (secondary N) is 2. The number of amides is 1. The van der Waals surface area contributed by atoms with E-state index in [2.05, 4.69) is 25.7 Å². The van der Waals surface area contributed by atoms with E-state index in [9.17, 15) is 22.4 Å². The van der Waals surface area contributed by atoms with Crippen LogP contribution < -0.4 is 10.6 Å². The van der Waals surface area contributed by atoms with E-state index in [0.29, 0.717) is 39.6 Å². The van der Waals surface area contributed by atoms with Crippen LogP contribution >= 0.6 is 11.3 Å². The molecular weight excluding hydrogens is 534 g/mol. The zero-order chi connectivity index (χ0) is 27.7. The first-order chi connectivity index (χ1) is 18.6. The Morgan fingerprint density at radius 2 is 1.85 bits per heavy atom. The van der Waals surface area contributed by atoms with Gasteiger partial charge in [-0.3, -0.25) is 4.79 Å². The number of alkyl halides is 4. The quantitative estimate of drug-likeness (QED) is 0.418. The number of nitrogens with zero attached hydrogens (tertiary/aromatic N) is 5. The van der Waals surface area contributed by atoms with Crippen molar-refractivity contribution in [3.63, 3.8) is 0 Å². The fraction of sp³-hybridized carbons (Fsp3) is 0.577. The van der Waals surface area contributed by atoms with Crippen LogP contribution in [0.25, 0.3) is 21.6 Å². The Kier molecular flexibility index (Phi) is 8.11. The minimum Gasteiger partial charge on any atom is -0.379 e. The minimum atomic E-state index is -4.46. The highest BCUT2D eigenvalue weighted by atomic mass is 32.1. The minimum absolute atomic E-state index is 0.0400. The molecule has 0 aliphatic carbocycles. The van der Waals surface area contributed by atoms with E-state index in [1.54, 1.807) is 24.3 Å². The summed E-state index contributed by atoms with van der Waals surface area (Å²) in [5, 5.41) is 15.9. The Bertz CT molecular complexity index is 1300. The number of halogens is 4. The average Bonchev–Trinajstić information content (AvgIpc) is 3.49. The lowest BCUT2D eigenvalue weighted by atomic mass is 9.96. The molecule has 0 saturated carbocycles. The van der Waals surface area contributed by atoms with Gasteiger partial charge in [-0.05, 0) is 64.6 Å². The highest BCUT2D eigenvalue weighted by Crippen LogP contribution is 2.36. The molecule has 2 saturated heterocycles. The molecule has 0 unspecified atom stereocenters. The summed E-state index contributed by atoms with van der Waals surface area (Å²) in [7, 11) is 3.89. The summed E-state index contributed by atoms with van der Waals surface area (Å²) < 4.78 is 56.8. The molecule has 212 valence electrons. The van der Waals surface area contributed by atoms with Gasteiger partial charge < -0.3 is 25.0 Å². The zero-order valence-electron chi connectivity index (χ0n) is 22.0. The van der Waals surface area contributed by atoms with E-state index < -0.39 is 24.9 Å². The van der Waals surface area contributed by atoms with Crippen molar-refractivity contribution in [2.45, 2.75) is 50.7 Å². The third kappa shape index (κ3) is 6.52. The standard InChI is InChI=1S/C26H33F4N7OS/c1-35-9-6-16(7-10-35)24(38)31-13-23-33-34-25(39-23)22-12-17-19(32-20-8-11-36(2)14-18(20)27)4-3-5-21(17)37(22)15-26(28,29)30/h3-5,12,16,18,20,32H,6-11,13-15H2,1-2H3,(H,31,38)/t18-,20+/m1/s1. The molecule has 5 rings (SSSR count). The van der Waals surface area contributed by atoms with Crippen LogP contribution in [0.15, 0.2) is 24.3 Å². The van der Waals surface area contributed by atoms with Gasteiger partial charge in [-0.1, -0.05) is 17.4 Å². The third-order valence-electron chi connectivity index (χ3n) is 7.56. The number of aromatic nitrogens is 3. The van der Waals surface area contributed by atoms with Gasteiger partial charge in [-0.2, -0.15) is 13.2 Å². The van der Waals surface area contributed by atoms with E-state index in [0.717, 1.165) is 43.8 Å². The molecule has 8 nitrogen and oxygen atoms in total. The number of likely N-dealkylation sites (tertiary alicyclic amines) is 2. The second-order valence-corrected chi connectivity index (χ2v) is 11.6. The number of hydrogen-bond acceptors (Lipinski definition) is 7. The summed E-state index contributed by atoms with van der Waals surface area (Å²) in [5.41, 5.74) is 1.24. The van der Waals surface area contributed by atoms with E-state index in [1.807, 2.05) is 19.0 Å². The van der Waals surface area contributed by atoms with Crippen molar-refractivity contribution < 1.29 is 22.4 Å². The summed E-state index contributed by atoms with van der Waals surface area (Å²) in [6.07, 6.45) is -3.38. The number of rotatable bonds is 7. The van der Waals surface area contributed by atoms with Crippen LogP contribution in [-0.2, 0) is 17.9 Å². The highest BCUT2D eigenvalue weighted by molar-refractivity contribution is 7.14. The second-order valence-electron chi connectivity index (χ2n) is 10.6. The summed E-state index contributed by atoms with van der Waals surface area (Å²) in [5.74, 6) is -0.0934. The summed E-state index contributed by atoms with van der Waals surface area (Å²) in [6.45, 7) is 1.74. The predicted octanol–water partition coefficient (Wildman–Crippen LogP) is 4.13. The fourth-order valence-electron chi connectivity index (χ4n) is 5.36. The van der Waals surface area contributed by atoms with Gasteiger partial charge in [0, 0.05) is 30.1 Å². The van der Waals surface area contributed by atoms with Crippen molar-refractivity contribution in [3.05, 3.63) is 29.3 Å². The van der Waals surface area contributed by atoms with Crippen molar-refractivity contribution >= 4 is 33.8 Å². The van der Waals surface area contributed by atoms with E-state index >= 15 is 0 Å². The molecule has 13 heteroatoms. The van der Waals surface area contributed by atoms with Gasteiger partial charge in [0.25, 0.3) is 0 Å². The first kappa shape index (κ1) is 27.8. The maximum atomic E-state index is 14.7. The van der Waals surface area contributed by atoms with Crippen LogP contribution in [0.4, 0.5) is 23.2 Å². The maximum absolute atomic E-state index is 14.7. The molecule has 0 bridgehead atoms. The number of carbonyl (C=O) groups is 1. The number of piperidine rings is 2. The van der Waals surface area contributed by atoms with Gasteiger partial charge in [-0.25, -0.2) is 4.39 Å². The molecule has 2 aliphatic rings. The molecule has 4 heterocycles. The molecule has 3 aromatic rings. The molecule has 0 radical (unpaired) electrons. The van der Waals surface area contributed by atoms with Gasteiger partial charge >= 0.3 is 6.18 Å². The Labute approximate surface area is 228 Å². The Morgan fingerprint density at radius 1 is 1.10 bits per heavy atom. The number of benzene rings is 1. The van der Waals surface area contributed by atoms with Crippen LogP contribution in [0.2, 0.25) is 0 Å². The first-order valence-electron chi connectivity index (χ1n) is 13.1. The molecule has 2 atom stereocenters. The highest BCUT2D eigenvalue weighted by Gasteiger charge is 2.32. The number of hydrogen-bond donors (Lipinski definition) is 2. The number of carbonyl (C=O) groups excluding carboxylic acids is 1. The lowest BCUT2D eigenvalue weighted by molar-refractivity contribution is -0.139. The van der Waals surface area contributed by atoms with E-state index in [1.165, 1.54) is 4.57 Å². The fourth-order valence-corrected chi connectivity index (χ4v) is 6.17. The van der Waals surface area contributed by atoms with Crippen LogP contribution in [0.1, 0.15) is 24.3 Å². The molecular formula is C26H33F4N7OS. The van der Waals surface area contributed by atoms with Gasteiger partial charge in [-0.15, -0.1) is 10.2 Å². The van der Waals surface area contributed by atoms with Gasteiger partial charge in [0.15, 0.2) is 5.01 Å². The normalized spacial score (nSPS) is 21.9. The molecule has 1 amide bonds. The van der Waals surface area contributed by atoms with Crippen LogP contribution in [0.5, 0.6) is 0 Å². The predicted molar refractivity (Wildman–Crippen MR) is 143 cm³/mol. The van der Waals surface area contributed by atoms with Crippen molar-refractivity contribution in [2.24, 2.45) is 5.92 Å².